The van der Waals surface area contributed by atoms with Crippen LogP contribution in [0.1, 0.15) is 41.0 Å². The van der Waals surface area contributed by atoms with Crippen LogP contribution in [0.2, 0.25) is 0 Å². The van der Waals surface area contributed by atoms with Crippen molar-refractivity contribution in [2.75, 3.05) is 6.54 Å². The second-order valence-electron chi connectivity index (χ2n) is 5.99. The van der Waals surface area contributed by atoms with Crippen LogP contribution in [0.5, 0.6) is 0 Å². The maximum Gasteiger partial charge on any atom is 0.156 e. The Hall–Kier alpha value is -0.790. The maximum atomic E-state index is 11.7. The number of ketones is 1. The number of carbonyl (C=O) groups is 1. The molecule has 0 aromatic heterocycles. The number of allylic oxidation sites excluding steroid dienone is 1. The minimum atomic E-state index is 0.137. The Morgan fingerprint density at radius 2 is 1.87 bits per heavy atom. The van der Waals surface area contributed by atoms with Gasteiger partial charge in [-0.15, -0.1) is 0 Å². The maximum absolute atomic E-state index is 11.7. The molecule has 1 fully saturated rings. The summed E-state index contributed by atoms with van der Waals surface area (Å²) in [5.41, 5.74) is 2.96. The van der Waals surface area contributed by atoms with Gasteiger partial charge in [-0.25, -0.2) is 0 Å². The molecular formula is C13H21NO. The Labute approximate surface area is 92.3 Å². The fourth-order valence-corrected chi connectivity index (χ4v) is 2.76. The third kappa shape index (κ3) is 1.51. The molecule has 0 amide bonds. The van der Waals surface area contributed by atoms with E-state index in [2.05, 4.69) is 39.5 Å². The fraction of sp³-hybridized carbons (Fsp3) is 0.769. The second-order valence-corrected chi connectivity index (χ2v) is 5.99. The molecule has 15 heavy (non-hydrogen) atoms. The van der Waals surface area contributed by atoms with E-state index in [1.54, 1.807) is 0 Å². The molecule has 0 aromatic carbocycles. The molecule has 2 nitrogen and oxygen atoms in total. The molecule has 1 saturated heterocycles. The SMILES string of the molecule is CC1C2=C(C(C)(C)C)CC(=O)CN2C1C. The van der Waals surface area contributed by atoms with Crippen LogP contribution in [0.4, 0.5) is 0 Å². The largest absolute Gasteiger partial charge is 0.364 e. The van der Waals surface area contributed by atoms with Crippen molar-refractivity contribution >= 4 is 5.78 Å². The summed E-state index contributed by atoms with van der Waals surface area (Å²) < 4.78 is 0. The first-order chi connectivity index (χ1) is 6.82. The lowest BCUT2D eigenvalue weighted by atomic mass is 9.72. The van der Waals surface area contributed by atoms with Gasteiger partial charge in [0.1, 0.15) is 0 Å². The molecule has 84 valence electrons. The molecule has 0 spiro atoms. The average molecular weight is 207 g/mol. The summed E-state index contributed by atoms with van der Waals surface area (Å²) in [7, 11) is 0. The standard InChI is InChI=1S/C13H21NO/c1-8-9(2)14-7-10(15)6-11(12(8)14)13(3,4)5/h8-9H,6-7H2,1-5H3. The first-order valence-electron chi connectivity index (χ1n) is 5.84. The molecule has 2 atom stereocenters. The van der Waals surface area contributed by atoms with Gasteiger partial charge in [0.25, 0.3) is 0 Å². The normalized spacial score (nSPS) is 31.5. The summed E-state index contributed by atoms with van der Waals surface area (Å²) in [6, 6.07) is 0.543. The quantitative estimate of drug-likeness (QED) is 0.608. The molecular weight excluding hydrogens is 186 g/mol. The Balaban J connectivity index is 2.41. The number of nitrogens with zero attached hydrogens (tertiary/aromatic N) is 1. The van der Waals surface area contributed by atoms with Crippen LogP contribution < -0.4 is 0 Å². The minimum absolute atomic E-state index is 0.137. The molecule has 2 heterocycles. The van der Waals surface area contributed by atoms with Gasteiger partial charge in [-0.3, -0.25) is 4.79 Å². The van der Waals surface area contributed by atoms with Crippen molar-refractivity contribution in [3.05, 3.63) is 11.3 Å². The highest BCUT2D eigenvalue weighted by Crippen LogP contribution is 2.46. The summed E-state index contributed by atoms with van der Waals surface area (Å²) in [5, 5.41) is 0. The predicted molar refractivity (Wildman–Crippen MR) is 61.4 cm³/mol. The molecule has 2 aliphatic heterocycles. The molecule has 2 rings (SSSR count). The zero-order valence-electron chi connectivity index (χ0n) is 10.4. The lowest BCUT2D eigenvalue weighted by Gasteiger charge is -2.54. The van der Waals surface area contributed by atoms with Crippen LogP contribution in [0.15, 0.2) is 11.3 Å². The van der Waals surface area contributed by atoms with Crippen LogP contribution >= 0.6 is 0 Å². The van der Waals surface area contributed by atoms with E-state index in [9.17, 15) is 4.79 Å². The van der Waals surface area contributed by atoms with Gasteiger partial charge >= 0.3 is 0 Å². The molecule has 2 aliphatic rings. The van der Waals surface area contributed by atoms with Crippen LogP contribution in [0.3, 0.4) is 0 Å². The Morgan fingerprint density at radius 3 is 2.40 bits per heavy atom. The second kappa shape index (κ2) is 3.10. The van der Waals surface area contributed by atoms with Crippen LogP contribution in [-0.4, -0.2) is 23.3 Å². The van der Waals surface area contributed by atoms with Gasteiger partial charge in [-0.1, -0.05) is 27.7 Å². The van der Waals surface area contributed by atoms with Crippen molar-refractivity contribution in [2.24, 2.45) is 11.3 Å². The summed E-state index contributed by atoms with van der Waals surface area (Å²) >= 11 is 0. The van der Waals surface area contributed by atoms with Gasteiger partial charge in [-0.2, -0.15) is 0 Å². The summed E-state index contributed by atoms with van der Waals surface area (Å²) in [6.45, 7) is 11.8. The van der Waals surface area contributed by atoms with Gasteiger partial charge in [0.2, 0.25) is 0 Å². The van der Waals surface area contributed by atoms with E-state index in [1.165, 1.54) is 11.3 Å². The highest BCUT2D eigenvalue weighted by Gasteiger charge is 2.44. The fourth-order valence-electron chi connectivity index (χ4n) is 2.76. The van der Waals surface area contributed by atoms with E-state index >= 15 is 0 Å². The van der Waals surface area contributed by atoms with Crippen molar-refractivity contribution in [2.45, 2.75) is 47.1 Å². The van der Waals surface area contributed by atoms with Gasteiger partial charge in [0.05, 0.1) is 6.54 Å². The predicted octanol–water partition coefficient (Wildman–Crippen LogP) is 2.60. The molecule has 0 saturated carbocycles. The van der Waals surface area contributed by atoms with Crippen molar-refractivity contribution in [1.82, 2.24) is 4.90 Å². The molecule has 0 radical (unpaired) electrons. The summed E-state index contributed by atoms with van der Waals surface area (Å²) in [6.07, 6.45) is 0.673. The van der Waals surface area contributed by atoms with Crippen molar-refractivity contribution < 1.29 is 4.79 Å². The Kier molecular flexibility index (Phi) is 2.21. The van der Waals surface area contributed by atoms with Crippen molar-refractivity contribution in [3.63, 3.8) is 0 Å². The van der Waals surface area contributed by atoms with E-state index in [0.717, 1.165) is 0 Å². The zero-order valence-corrected chi connectivity index (χ0v) is 10.4. The molecule has 2 unspecified atom stereocenters. The van der Waals surface area contributed by atoms with Gasteiger partial charge in [0.15, 0.2) is 5.78 Å². The molecule has 0 aromatic rings. The Bertz CT molecular complexity index is 335. The monoisotopic (exact) mass is 207 g/mol. The lowest BCUT2D eigenvalue weighted by molar-refractivity contribution is -0.122. The van der Waals surface area contributed by atoms with E-state index in [4.69, 9.17) is 0 Å². The van der Waals surface area contributed by atoms with Crippen molar-refractivity contribution in [3.8, 4) is 0 Å². The topological polar surface area (TPSA) is 20.3 Å². The number of fused-ring (bicyclic) bond motifs is 1. The highest BCUT2D eigenvalue weighted by atomic mass is 16.1. The smallest absolute Gasteiger partial charge is 0.156 e. The van der Waals surface area contributed by atoms with Gasteiger partial charge in [-0.05, 0) is 17.9 Å². The van der Waals surface area contributed by atoms with Gasteiger partial charge < -0.3 is 4.90 Å². The highest BCUT2D eigenvalue weighted by molar-refractivity contribution is 5.85. The third-order valence-electron chi connectivity index (χ3n) is 3.89. The number of Topliss-reactive ketones (excluding diaryl/α,β-unsaturated/α-hetero) is 1. The number of carbonyl (C=O) groups excluding carboxylic acids is 1. The van der Waals surface area contributed by atoms with Crippen LogP contribution in [-0.2, 0) is 4.79 Å². The third-order valence-corrected chi connectivity index (χ3v) is 3.89. The molecule has 0 aliphatic carbocycles. The van der Waals surface area contributed by atoms with Gasteiger partial charge in [0, 0.05) is 24.1 Å². The number of hydrogen-bond donors (Lipinski definition) is 0. The Morgan fingerprint density at radius 1 is 1.27 bits per heavy atom. The summed E-state index contributed by atoms with van der Waals surface area (Å²) in [5.74, 6) is 1.01. The first kappa shape index (κ1) is 10.7. The van der Waals surface area contributed by atoms with Crippen LogP contribution in [0.25, 0.3) is 0 Å². The number of rotatable bonds is 0. The average Bonchev–Trinajstić information content (AvgIpc) is 2.14. The van der Waals surface area contributed by atoms with E-state index in [0.29, 0.717) is 30.7 Å². The molecule has 0 bridgehead atoms. The first-order valence-corrected chi connectivity index (χ1v) is 5.84. The minimum Gasteiger partial charge on any atom is -0.364 e. The van der Waals surface area contributed by atoms with E-state index in [-0.39, 0.29) is 5.41 Å². The lowest BCUT2D eigenvalue weighted by Crippen LogP contribution is -2.56. The van der Waals surface area contributed by atoms with Crippen molar-refractivity contribution in [1.29, 1.82) is 0 Å². The molecule has 0 N–H and O–H groups in total. The van der Waals surface area contributed by atoms with Crippen LogP contribution in [0, 0.1) is 11.3 Å². The molecule has 2 heteroatoms. The summed E-state index contributed by atoms with van der Waals surface area (Å²) in [4.78, 5) is 14.0. The van der Waals surface area contributed by atoms with E-state index < -0.39 is 0 Å². The zero-order chi connectivity index (χ0) is 11.4. The number of hydrogen-bond acceptors (Lipinski definition) is 2. The van der Waals surface area contributed by atoms with E-state index in [1.807, 2.05) is 0 Å².